The molecule has 0 amide bonds. The maximum Gasteiger partial charge on any atom is 0.122 e. The summed E-state index contributed by atoms with van der Waals surface area (Å²) in [6.45, 7) is 5.47. The van der Waals surface area contributed by atoms with Gasteiger partial charge in [-0.1, -0.05) is 6.07 Å². The molecule has 0 aliphatic carbocycles. The molecule has 3 rings (SSSR count). The molecular formula is C18H25N3O. The van der Waals surface area contributed by atoms with Gasteiger partial charge in [0.25, 0.3) is 0 Å². The van der Waals surface area contributed by atoms with Crippen LogP contribution in [-0.2, 0) is 6.42 Å². The van der Waals surface area contributed by atoms with Crippen molar-refractivity contribution in [3.63, 3.8) is 0 Å². The van der Waals surface area contributed by atoms with Crippen molar-refractivity contribution in [2.45, 2.75) is 38.3 Å². The number of likely N-dealkylation sites (tertiary alicyclic amines) is 1. The Bertz CT molecular complexity index is 535. The van der Waals surface area contributed by atoms with Crippen LogP contribution in [0.15, 0.2) is 47.2 Å². The lowest BCUT2D eigenvalue weighted by molar-refractivity contribution is 0.205. The summed E-state index contributed by atoms with van der Waals surface area (Å²) < 4.78 is 5.66. The van der Waals surface area contributed by atoms with E-state index >= 15 is 0 Å². The highest BCUT2D eigenvalue weighted by Crippen LogP contribution is 2.25. The molecule has 1 aliphatic rings. The third kappa shape index (κ3) is 3.96. The van der Waals surface area contributed by atoms with Crippen LogP contribution in [0.3, 0.4) is 0 Å². The van der Waals surface area contributed by atoms with Gasteiger partial charge in [-0.05, 0) is 57.1 Å². The summed E-state index contributed by atoms with van der Waals surface area (Å²) in [5.41, 5.74) is 1.14. The number of nitrogens with one attached hydrogen (secondary N) is 1. The number of furan rings is 1. The molecule has 0 aromatic carbocycles. The molecular weight excluding hydrogens is 274 g/mol. The summed E-state index contributed by atoms with van der Waals surface area (Å²) >= 11 is 0. The smallest absolute Gasteiger partial charge is 0.122 e. The molecule has 1 aliphatic heterocycles. The van der Waals surface area contributed by atoms with Gasteiger partial charge in [0.2, 0.25) is 0 Å². The van der Waals surface area contributed by atoms with Gasteiger partial charge in [0.15, 0.2) is 0 Å². The summed E-state index contributed by atoms with van der Waals surface area (Å²) in [6.07, 6.45) is 7.17. The lowest BCUT2D eigenvalue weighted by atomic mass is 10.1. The molecule has 1 fully saturated rings. The summed E-state index contributed by atoms with van der Waals surface area (Å²) in [5.74, 6) is 1.07. The molecule has 118 valence electrons. The number of aromatic nitrogens is 1. The Balaban J connectivity index is 1.57. The zero-order valence-corrected chi connectivity index (χ0v) is 13.2. The van der Waals surface area contributed by atoms with Gasteiger partial charge in [-0.15, -0.1) is 0 Å². The molecule has 2 aromatic rings. The Kier molecular flexibility index (Phi) is 5.24. The molecule has 2 unspecified atom stereocenters. The molecule has 0 saturated carbocycles. The van der Waals surface area contributed by atoms with Gasteiger partial charge in [-0.2, -0.15) is 0 Å². The topological polar surface area (TPSA) is 41.3 Å². The van der Waals surface area contributed by atoms with Crippen LogP contribution >= 0.6 is 0 Å². The highest BCUT2D eigenvalue weighted by molar-refractivity contribution is 5.07. The monoisotopic (exact) mass is 299 g/mol. The molecule has 0 radical (unpaired) electrons. The standard InChI is InChI=1S/C18H25N3O/c1-15(13-16-7-2-3-9-19-16)20-14-17(18-8-6-12-22-18)21-10-4-5-11-21/h2-3,6-9,12,15,17,20H,4-5,10-11,13-14H2,1H3. The van der Waals surface area contributed by atoms with Crippen molar-refractivity contribution in [2.24, 2.45) is 0 Å². The van der Waals surface area contributed by atoms with Crippen LogP contribution in [0.4, 0.5) is 0 Å². The van der Waals surface area contributed by atoms with Crippen molar-refractivity contribution < 1.29 is 4.42 Å². The van der Waals surface area contributed by atoms with E-state index in [1.165, 1.54) is 25.9 Å². The predicted molar refractivity (Wildman–Crippen MR) is 87.7 cm³/mol. The molecule has 1 saturated heterocycles. The van der Waals surface area contributed by atoms with Gasteiger partial charge in [0, 0.05) is 30.9 Å². The third-order valence-electron chi connectivity index (χ3n) is 4.35. The molecule has 4 heteroatoms. The SMILES string of the molecule is CC(Cc1ccccn1)NCC(c1ccco1)N1CCCC1. The zero-order chi connectivity index (χ0) is 15.2. The summed E-state index contributed by atoms with van der Waals surface area (Å²) in [5, 5.41) is 3.65. The molecule has 2 aromatic heterocycles. The van der Waals surface area contributed by atoms with Gasteiger partial charge in [-0.25, -0.2) is 0 Å². The van der Waals surface area contributed by atoms with Crippen LogP contribution in [-0.4, -0.2) is 35.6 Å². The third-order valence-corrected chi connectivity index (χ3v) is 4.35. The van der Waals surface area contributed by atoms with Crippen molar-refractivity contribution in [3.05, 3.63) is 54.2 Å². The second-order valence-corrected chi connectivity index (χ2v) is 6.11. The molecule has 22 heavy (non-hydrogen) atoms. The first kappa shape index (κ1) is 15.3. The highest BCUT2D eigenvalue weighted by Gasteiger charge is 2.25. The van der Waals surface area contributed by atoms with Crippen LogP contribution < -0.4 is 5.32 Å². The van der Waals surface area contributed by atoms with Crippen molar-refractivity contribution in [1.82, 2.24) is 15.2 Å². The fourth-order valence-corrected chi connectivity index (χ4v) is 3.16. The van der Waals surface area contributed by atoms with Crippen molar-refractivity contribution in [3.8, 4) is 0 Å². The van der Waals surface area contributed by atoms with Crippen LogP contribution in [0.1, 0.15) is 37.3 Å². The molecule has 0 bridgehead atoms. The van der Waals surface area contributed by atoms with E-state index in [0.29, 0.717) is 12.1 Å². The minimum Gasteiger partial charge on any atom is -0.468 e. The normalized spacial score (nSPS) is 18.4. The first-order valence-corrected chi connectivity index (χ1v) is 8.23. The molecule has 0 spiro atoms. The summed E-state index contributed by atoms with van der Waals surface area (Å²) in [4.78, 5) is 6.93. The minimum atomic E-state index is 0.337. The van der Waals surface area contributed by atoms with Crippen LogP contribution in [0, 0.1) is 0 Å². The second kappa shape index (κ2) is 7.56. The van der Waals surface area contributed by atoms with E-state index in [2.05, 4.69) is 34.3 Å². The van der Waals surface area contributed by atoms with E-state index < -0.39 is 0 Å². The second-order valence-electron chi connectivity index (χ2n) is 6.11. The van der Waals surface area contributed by atoms with Crippen LogP contribution in [0.5, 0.6) is 0 Å². The fourth-order valence-electron chi connectivity index (χ4n) is 3.16. The predicted octanol–water partition coefficient (Wildman–Crippen LogP) is 3.03. The van der Waals surface area contributed by atoms with Gasteiger partial charge in [-0.3, -0.25) is 9.88 Å². The first-order chi connectivity index (χ1) is 10.8. The Morgan fingerprint density at radius 1 is 1.23 bits per heavy atom. The van der Waals surface area contributed by atoms with E-state index in [0.717, 1.165) is 24.4 Å². The average Bonchev–Trinajstić information content (AvgIpc) is 3.22. The van der Waals surface area contributed by atoms with E-state index in [-0.39, 0.29) is 0 Å². The van der Waals surface area contributed by atoms with E-state index in [1.807, 2.05) is 24.4 Å². The Morgan fingerprint density at radius 3 is 2.77 bits per heavy atom. The Labute approximate surface area is 132 Å². The van der Waals surface area contributed by atoms with Gasteiger partial charge < -0.3 is 9.73 Å². The van der Waals surface area contributed by atoms with Crippen LogP contribution in [0.25, 0.3) is 0 Å². The minimum absolute atomic E-state index is 0.337. The largest absolute Gasteiger partial charge is 0.468 e. The first-order valence-electron chi connectivity index (χ1n) is 8.23. The Hall–Kier alpha value is -1.65. The van der Waals surface area contributed by atoms with Gasteiger partial charge in [0.1, 0.15) is 5.76 Å². The highest BCUT2D eigenvalue weighted by atomic mass is 16.3. The maximum atomic E-state index is 5.66. The molecule has 2 atom stereocenters. The van der Waals surface area contributed by atoms with E-state index in [9.17, 15) is 0 Å². The summed E-state index contributed by atoms with van der Waals surface area (Å²) in [6, 6.07) is 10.9. The van der Waals surface area contributed by atoms with Crippen LogP contribution in [0.2, 0.25) is 0 Å². The van der Waals surface area contributed by atoms with E-state index in [1.54, 1.807) is 6.26 Å². The number of hydrogen-bond acceptors (Lipinski definition) is 4. The lowest BCUT2D eigenvalue weighted by Crippen LogP contribution is -2.38. The quantitative estimate of drug-likeness (QED) is 0.853. The Morgan fingerprint density at radius 2 is 2.09 bits per heavy atom. The van der Waals surface area contributed by atoms with Crippen molar-refractivity contribution >= 4 is 0 Å². The molecule has 3 heterocycles. The zero-order valence-electron chi connectivity index (χ0n) is 13.2. The number of pyridine rings is 1. The van der Waals surface area contributed by atoms with E-state index in [4.69, 9.17) is 4.42 Å². The number of rotatable bonds is 7. The number of nitrogens with zero attached hydrogens (tertiary/aromatic N) is 2. The average molecular weight is 299 g/mol. The fraction of sp³-hybridized carbons (Fsp3) is 0.500. The maximum absolute atomic E-state index is 5.66. The molecule has 1 N–H and O–H groups in total. The number of hydrogen-bond donors (Lipinski definition) is 1. The summed E-state index contributed by atoms with van der Waals surface area (Å²) in [7, 11) is 0. The van der Waals surface area contributed by atoms with Gasteiger partial charge in [0.05, 0.1) is 12.3 Å². The van der Waals surface area contributed by atoms with Gasteiger partial charge >= 0.3 is 0 Å². The molecule has 4 nitrogen and oxygen atoms in total. The van der Waals surface area contributed by atoms with Crippen molar-refractivity contribution in [1.29, 1.82) is 0 Å². The van der Waals surface area contributed by atoms with Crippen molar-refractivity contribution in [2.75, 3.05) is 19.6 Å². The lowest BCUT2D eigenvalue weighted by Gasteiger charge is -2.27.